The molecule has 0 spiro atoms. The van der Waals surface area contributed by atoms with Crippen LogP contribution in [0.15, 0.2) is 24.4 Å². The van der Waals surface area contributed by atoms with Crippen LogP contribution in [0.2, 0.25) is 0 Å². The molecule has 0 aliphatic heterocycles. The van der Waals surface area contributed by atoms with Crippen molar-refractivity contribution in [1.29, 1.82) is 5.26 Å². The van der Waals surface area contributed by atoms with Gasteiger partial charge < -0.3 is 10.4 Å². The number of carboxylic acid groups (broad SMARTS) is 1. The first-order valence-electron chi connectivity index (χ1n) is 9.19. The van der Waals surface area contributed by atoms with Crippen LogP contribution in [0, 0.1) is 11.3 Å². The fraction of sp³-hybridized carbons (Fsp3) is 0.474. The van der Waals surface area contributed by atoms with Crippen molar-refractivity contribution < 1.29 is 9.90 Å². The average Bonchev–Trinajstić information content (AvgIpc) is 3.03. The lowest BCUT2D eigenvalue weighted by atomic mass is 10.0. The number of nitrogens with zero attached hydrogens (tertiary/aromatic N) is 4. The van der Waals surface area contributed by atoms with E-state index in [1.54, 1.807) is 23.2 Å². The lowest BCUT2D eigenvalue weighted by Crippen LogP contribution is -2.45. The van der Waals surface area contributed by atoms with E-state index in [1.165, 1.54) is 0 Å². The highest BCUT2D eigenvalue weighted by atomic mass is 16.4. The fourth-order valence-corrected chi connectivity index (χ4v) is 4.03. The van der Waals surface area contributed by atoms with Crippen molar-refractivity contribution >= 4 is 17.7 Å². The fourth-order valence-electron chi connectivity index (χ4n) is 4.03. The zero-order chi connectivity index (χ0) is 19.0. The number of rotatable bonds is 5. The molecule has 2 aliphatic rings. The minimum Gasteiger partial charge on any atom is -0.465 e. The minimum atomic E-state index is -0.809. The van der Waals surface area contributed by atoms with Crippen molar-refractivity contribution in [1.82, 2.24) is 20.1 Å². The summed E-state index contributed by atoms with van der Waals surface area (Å²) in [7, 11) is 0. The molecule has 0 aromatic carbocycles. The Morgan fingerprint density at radius 1 is 1.41 bits per heavy atom. The summed E-state index contributed by atoms with van der Waals surface area (Å²) in [5.41, 5.74) is 1.36. The molecule has 2 aliphatic carbocycles. The molecule has 0 saturated heterocycles. The molecule has 3 N–H and O–H groups in total. The van der Waals surface area contributed by atoms with Gasteiger partial charge >= 0.3 is 6.09 Å². The number of H-pyrrole nitrogens is 1. The molecule has 2 atom stereocenters. The van der Waals surface area contributed by atoms with E-state index < -0.39 is 6.09 Å². The minimum absolute atomic E-state index is 0.0636. The molecule has 2 aromatic rings. The Bertz CT molecular complexity index is 898. The van der Waals surface area contributed by atoms with Gasteiger partial charge in [0.15, 0.2) is 5.82 Å². The molecule has 8 heteroatoms. The van der Waals surface area contributed by atoms with Crippen molar-refractivity contribution in [2.24, 2.45) is 0 Å². The summed E-state index contributed by atoms with van der Waals surface area (Å²) in [6.45, 7) is 2.04. The van der Waals surface area contributed by atoms with Gasteiger partial charge in [-0.1, -0.05) is 0 Å². The maximum absolute atomic E-state index is 11.7. The van der Waals surface area contributed by atoms with Gasteiger partial charge in [-0.3, -0.25) is 10.00 Å². The van der Waals surface area contributed by atoms with Gasteiger partial charge in [0, 0.05) is 35.5 Å². The van der Waals surface area contributed by atoms with Gasteiger partial charge in [-0.05, 0) is 51.2 Å². The number of hydrogen-bond acceptors (Lipinski definition) is 5. The maximum atomic E-state index is 11.7. The van der Waals surface area contributed by atoms with Crippen LogP contribution in [-0.4, -0.2) is 42.9 Å². The van der Waals surface area contributed by atoms with E-state index in [1.807, 2.05) is 13.0 Å². The van der Waals surface area contributed by atoms with E-state index in [0.29, 0.717) is 17.2 Å². The topological polar surface area (TPSA) is 118 Å². The molecule has 4 rings (SSSR count). The van der Waals surface area contributed by atoms with Gasteiger partial charge in [-0.15, -0.1) is 0 Å². The Morgan fingerprint density at radius 2 is 2.22 bits per heavy atom. The number of carbonyl (C=O) groups is 1. The highest BCUT2D eigenvalue weighted by molar-refractivity contribution is 5.67. The van der Waals surface area contributed by atoms with E-state index in [4.69, 9.17) is 5.26 Å². The quantitative estimate of drug-likeness (QED) is 0.744. The van der Waals surface area contributed by atoms with Gasteiger partial charge in [-0.25, -0.2) is 9.78 Å². The summed E-state index contributed by atoms with van der Waals surface area (Å²) in [4.78, 5) is 17.6. The molecule has 2 heterocycles. The molecular weight excluding hydrogens is 344 g/mol. The normalized spacial score (nSPS) is 22.8. The lowest BCUT2D eigenvalue weighted by molar-refractivity contribution is 0.0955. The molecule has 0 bridgehead atoms. The molecule has 2 aromatic heterocycles. The predicted octanol–water partition coefficient (Wildman–Crippen LogP) is 3.59. The first-order valence-corrected chi connectivity index (χ1v) is 9.19. The molecule has 140 valence electrons. The Balaban J connectivity index is 1.43. The average molecular weight is 366 g/mol. The van der Waals surface area contributed by atoms with Gasteiger partial charge in [0.05, 0.1) is 11.6 Å². The monoisotopic (exact) mass is 366 g/mol. The summed E-state index contributed by atoms with van der Waals surface area (Å²) < 4.78 is 0. The second-order valence-electron chi connectivity index (χ2n) is 7.69. The van der Waals surface area contributed by atoms with Gasteiger partial charge in [0.25, 0.3) is 0 Å². The number of nitrogens with one attached hydrogen (secondary N) is 2. The summed E-state index contributed by atoms with van der Waals surface area (Å²) >= 11 is 0. The van der Waals surface area contributed by atoms with Crippen LogP contribution in [0.1, 0.15) is 56.2 Å². The van der Waals surface area contributed by atoms with Crippen molar-refractivity contribution in [2.45, 2.75) is 56.5 Å². The number of pyridine rings is 1. The van der Waals surface area contributed by atoms with Crippen LogP contribution in [0.5, 0.6) is 0 Å². The molecule has 2 fully saturated rings. The van der Waals surface area contributed by atoms with E-state index in [-0.39, 0.29) is 17.5 Å². The van der Waals surface area contributed by atoms with Crippen LogP contribution in [0.4, 0.5) is 16.4 Å². The first-order chi connectivity index (χ1) is 13.0. The third-order valence-electron chi connectivity index (χ3n) is 5.71. The van der Waals surface area contributed by atoms with Crippen LogP contribution in [0.25, 0.3) is 0 Å². The van der Waals surface area contributed by atoms with Gasteiger partial charge in [-0.2, -0.15) is 10.4 Å². The SMILES string of the molecule is CC1(N(C(=O)O)[C@@H]2CC[C@H](c3cc(Nc4cc(C#N)ccn4)n[nH]3)C2)CC1. The highest BCUT2D eigenvalue weighted by Gasteiger charge is 2.50. The van der Waals surface area contributed by atoms with E-state index in [0.717, 1.165) is 37.8 Å². The summed E-state index contributed by atoms with van der Waals surface area (Å²) in [6, 6.07) is 7.40. The zero-order valence-electron chi connectivity index (χ0n) is 15.1. The Labute approximate surface area is 157 Å². The lowest BCUT2D eigenvalue weighted by Gasteiger charge is -2.32. The van der Waals surface area contributed by atoms with Gasteiger partial charge in [0.2, 0.25) is 0 Å². The van der Waals surface area contributed by atoms with Crippen molar-refractivity contribution in [3.8, 4) is 6.07 Å². The molecule has 0 radical (unpaired) electrons. The number of aromatic nitrogens is 3. The third-order valence-corrected chi connectivity index (χ3v) is 5.71. The summed E-state index contributed by atoms with van der Waals surface area (Å²) in [6.07, 6.45) is 5.30. The standard InChI is InChI=1S/C19H22N6O2/c1-19(5-6-19)25(18(26)27)14-3-2-13(9-14)15-10-17(24-23-15)22-16-8-12(11-20)4-7-21-16/h4,7-8,10,13-14H,2-3,5-6,9H2,1H3,(H,26,27)(H2,21,22,23,24)/t13-,14+/m0/s1. The van der Waals surface area contributed by atoms with Crippen molar-refractivity contribution in [3.63, 3.8) is 0 Å². The van der Waals surface area contributed by atoms with Gasteiger partial charge in [0.1, 0.15) is 5.82 Å². The second-order valence-corrected chi connectivity index (χ2v) is 7.69. The summed E-state index contributed by atoms with van der Waals surface area (Å²) in [5, 5.41) is 29.1. The van der Waals surface area contributed by atoms with E-state index in [2.05, 4.69) is 26.6 Å². The van der Waals surface area contributed by atoms with Crippen molar-refractivity contribution in [3.05, 3.63) is 35.7 Å². The van der Waals surface area contributed by atoms with Crippen LogP contribution >= 0.6 is 0 Å². The molecule has 27 heavy (non-hydrogen) atoms. The van der Waals surface area contributed by atoms with E-state index in [9.17, 15) is 9.90 Å². The summed E-state index contributed by atoms with van der Waals surface area (Å²) in [5.74, 6) is 1.47. The molecular formula is C19H22N6O2. The van der Waals surface area contributed by atoms with E-state index >= 15 is 0 Å². The Hall–Kier alpha value is -3.08. The van der Waals surface area contributed by atoms with Crippen LogP contribution in [0.3, 0.4) is 0 Å². The maximum Gasteiger partial charge on any atom is 0.408 e. The highest BCUT2D eigenvalue weighted by Crippen LogP contribution is 2.47. The number of anilines is 2. The largest absolute Gasteiger partial charge is 0.465 e. The number of amides is 1. The van der Waals surface area contributed by atoms with Crippen LogP contribution in [-0.2, 0) is 0 Å². The molecule has 1 amide bonds. The number of hydrogen-bond donors (Lipinski definition) is 3. The molecule has 0 unspecified atom stereocenters. The molecule has 2 saturated carbocycles. The third kappa shape index (κ3) is 3.45. The second kappa shape index (κ2) is 6.58. The molecule has 8 nitrogen and oxygen atoms in total. The number of nitriles is 1. The smallest absolute Gasteiger partial charge is 0.408 e. The number of aromatic amines is 1. The zero-order valence-corrected chi connectivity index (χ0v) is 15.1. The Morgan fingerprint density at radius 3 is 2.93 bits per heavy atom. The predicted molar refractivity (Wildman–Crippen MR) is 98.7 cm³/mol. The van der Waals surface area contributed by atoms with Crippen LogP contribution < -0.4 is 5.32 Å². The first kappa shape index (κ1) is 17.3. The Kier molecular flexibility index (Phi) is 4.22. The van der Waals surface area contributed by atoms with Crippen molar-refractivity contribution in [2.75, 3.05) is 5.32 Å².